The third-order valence-corrected chi connectivity index (χ3v) is 5.75. The number of methoxy groups -OCH3 is 1. The highest BCUT2D eigenvalue weighted by molar-refractivity contribution is 7.71. The molecule has 1 atom stereocenters. The Balaban J connectivity index is 1.51. The zero-order valence-corrected chi connectivity index (χ0v) is 17.6. The Bertz CT molecular complexity index is 995. The molecule has 0 spiro atoms. The van der Waals surface area contributed by atoms with E-state index in [0.29, 0.717) is 24.1 Å². The molecule has 7 heteroatoms. The molecule has 4 rings (SSSR count). The van der Waals surface area contributed by atoms with Crippen molar-refractivity contribution in [3.05, 3.63) is 65.2 Å². The molecule has 2 aromatic carbocycles. The fourth-order valence-electron chi connectivity index (χ4n) is 3.85. The lowest BCUT2D eigenvalue weighted by Crippen LogP contribution is -2.27. The minimum absolute atomic E-state index is 0.374. The summed E-state index contributed by atoms with van der Waals surface area (Å²) in [6.45, 7) is 4.40. The van der Waals surface area contributed by atoms with Crippen molar-refractivity contribution < 1.29 is 9.47 Å². The minimum atomic E-state index is 0.374. The standard InChI is InChI=1S/C22H26N4O2S/c1-3-28-20-10-6-17(7-11-20)21-5-4-14-24(21)16-26-22(29)25(15-23-26)18-8-12-19(27-2)13-9-18/h6-13,15,21H,3-5,14,16H2,1-2H3. The molecule has 152 valence electrons. The van der Waals surface area contributed by atoms with Gasteiger partial charge >= 0.3 is 0 Å². The van der Waals surface area contributed by atoms with Gasteiger partial charge in [0.2, 0.25) is 4.77 Å². The van der Waals surface area contributed by atoms with E-state index >= 15 is 0 Å². The summed E-state index contributed by atoms with van der Waals surface area (Å²) in [6, 6.07) is 16.6. The van der Waals surface area contributed by atoms with Crippen molar-refractivity contribution in [1.82, 2.24) is 19.2 Å². The van der Waals surface area contributed by atoms with E-state index in [1.165, 1.54) is 12.0 Å². The molecular weight excluding hydrogens is 384 g/mol. The number of likely N-dealkylation sites (tertiary alicyclic amines) is 1. The van der Waals surface area contributed by atoms with Crippen LogP contribution in [0.2, 0.25) is 0 Å². The SMILES string of the molecule is CCOc1ccc(C2CCCN2Cn2ncn(-c3ccc(OC)cc3)c2=S)cc1. The van der Waals surface area contributed by atoms with Gasteiger partial charge in [0.15, 0.2) is 0 Å². The largest absolute Gasteiger partial charge is 0.497 e. The second kappa shape index (κ2) is 8.80. The van der Waals surface area contributed by atoms with Crippen molar-refractivity contribution in [2.24, 2.45) is 0 Å². The fraction of sp³-hybridized carbons (Fsp3) is 0.364. The van der Waals surface area contributed by atoms with Gasteiger partial charge in [0.05, 0.1) is 20.4 Å². The lowest BCUT2D eigenvalue weighted by Gasteiger charge is -2.24. The number of hydrogen-bond acceptors (Lipinski definition) is 5. The molecule has 1 saturated heterocycles. The maximum atomic E-state index is 5.69. The molecule has 29 heavy (non-hydrogen) atoms. The maximum Gasteiger partial charge on any atom is 0.203 e. The van der Waals surface area contributed by atoms with Crippen LogP contribution >= 0.6 is 12.2 Å². The van der Waals surface area contributed by atoms with Gasteiger partial charge in [-0.2, -0.15) is 5.10 Å². The second-order valence-electron chi connectivity index (χ2n) is 7.09. The summed E-state index contributed by atoms with van der Waals surface area (Å²) in [7, 11) is 1.66. The fourth-order valence-corrected chi connectivity index (χ4v) is 4.11. The topological polar surface area (TPSA) is 44.5 Å². The number of ether oxygens (including phenoxy) is 2. The van der Waals surface area contributed by atoms with Crippen LogP contribution in [0.3, 0.4) is 0 Å². The predicted octanol–water partition coefficient (Wildman–Crippen LogP) is 4.61. The van der Waals surface area contributed by atoms with Gasteiger partial charge in [-0.25, -0.2) is 4.68 Å². The first-order valence-electron chi connectivity index (χ1n) is 9.95. The summed E-state index contributed by atoms with van der Waals surface area (Å²) < 4.78 is 15.3. The Hall–Kier alpha value is -2.64. The minimum Gasteiger partial charge on any atom is -0.497 e. The number of hydrogen-bond donors (Lipinski definition) is 0. The molecule has 1 aliphatic rings. The highest BCUT2D eigenvalue weighted by atomic mass is 32.1. The number of aromatic nitrogens is 3. The Kier molecular flexibility index (Phi) is 5.97. The summed E-state index contributed by atoms with van der Waals surface area (Å²) in [5.74, 6) is 1.74. The molecule has 1 aromatic heterocycles. The molecule has 0 N–H and O–H groups in total. The van der Waals surface area contributed by atoms with E-state index in [-0.39, 0.29) is 0 Å². The van der Waals surface area contributed by atoms with E-state index in [0.717, 1.165) is 30.2 Å². The van der Waals surface area contributed by atoms with Crippen molar-refractivity contribution in [2.45, 2.75) is 32.5 Å². The average molecular weight is 411 g/mol. The van der Waals surface area contributed by atoms with Crippen LogP contribution in [0.4, 0.5) is 0 Å². The predicted molar refractivity (Wildman–Crippen MR) is 115 cm³/mol. The van der Waals surface area contributed by atoms with Crippen LogP contribution in [0.5, 0.6) is 11.5 Å². The van der Waals surface area contributed by atoms with Crippen molar-refractivity contribution in [3.8, 4) is 17.2 Å². The van der Waals surface area contributed by atoms with E-state index in [1.54, 1.807) is 13.4 Å². The zero-order chi connectivity index (χ0) is 20.2. The van der Waals surface area contributed by atoms with Crippen LogP contribution in [0, 0.1) is 4.77 Å². The van der Waals surface area contributed by atoms with Crippen LogP contribution < -0.4 is 9.47 Å². The molecule has 2 heterocycles. The zero-order valence-electron chi connectivity index (χ0n) is 16.8. The molecular formula is C22H26N4O2S. The summed E-state index contributed by atoms with van der Waals surface area (Å²) in [4.78, 5) is 2.44. The van der Waals surface area contributed by atoms with E-state index in [4.69, 9.17) is 21.7 Å². The highest BCUT2D eigenvalue weighted by Crippen LogP contribution is 2.33. The molecule has 3 aromatic rings. The lowest BCUT2D eigenvalue weighted by atomic mass is 10.0. The summed E-state index contributed by atoms with van der Waals surface area (Å²) in [5.41, 5.74) is 2.29. The molecule has 6 nitrogen and oxygen atoms in total. The average Bonchev–Trinajstić information content (AvgIpc) is 3.36. The van der Waals surface area contributed by atoms with E-state index < -0.39 is 0 Å². The number of benzene rings is 2. The normalized spacial score (nSPS) is 16.8. The van der Waals surface area contributed by atoms with Gasteiger partial charge in [-0.1, -0.05) is 12.1 Å². The van der Waals surface area contributed by atoms with Crippen LogP contribution in [0.15, 0.2) is 54.9 Å². The third kappa shape index (κ3) is 4.21. The lowest BCUT2D eigenvalue weighted by molar-refractivity contribution is 0.190. The van der Waals surface area contributed by atoms with E-state index in [9.17, 15) is 0 Å². The van der Waals surface area contributed by atoms with Gasteiger partial charge in [0.1, 0.15) is 17.8 Å². The van der Waals surface area contributed by atoms with Crippen molar-refractivity contribution in [2.75, 3.05) is 20.3 Å². The quantitative estimate of drug-likeness (QED) is 0.533. The van der Waals surface area contributed by atoms with Crippen LogP contribution in [-0.4, -0.2) is 39.5 Å². The molecule has 0 radical (unpaired) electrons. The summed E-state index contributed by atoms with van der Waals surface area (Å²) in [5, 5.41) is 4.55. The Labute approximate surface area is 176 Å². The van der Waals surface area contributed by atoms with Crippen molar-refractivity contribution in [3.63, 3.8) is 0 Å². The van der Waals surface area contributed by atoms with Crippen LogP contribution in [0.1, 0.15) is 31.4 Å². The number of rotatable bonds is 7. The van der Waals surface area contributed by atoms with Crippen molar-refractivity contribution >= 4 is 12.2 Å². The first kappa shape index (κ1) is 19.7. The van der Waals surface area contributed by atoms with Gasteiger partial charge in [-0.3, -0.25) is 9.47 Å². The van der Waals surface area contributed by atoms with Gasteiger partial charge < -0.3 is 9.47 Å². The summed E-state index contributed by atoms with van der Waals surface area (Å²) >= 11 is 5.69. The Morgan fingerprint density at radius 2 is 1.79 bits per heavy atom. The van der Waals surface area contributed by atoms with E-state index in [2.05, 4.69) is 34.3 Å². The number of nitrogens with zero attached hydrogens (tertiary/aromatic N) is 4. The Morgan fingerprint density at radius 3 is 2.48 bits per heavy atom. The molecule has 0 saturated carbocycles. The maximum absolute atomic E-state index is 5.69. The molecule has 1 fully saturated rings. The van der Waals surface area contributed by atoms with Gasteiger partial charge in [-0.15, -0.1) is 0 Å². The smallest absolute Gasteiger partial charge is 0.203 e. The monoisotopic (exact) mass is 410 g/mol. The third-order valence-electron chi connectivity index (χ3n) is 5.34. The van der Waals surface area contributed by atoms with Crippen LogP contribution in [0.25, 0.3) is 5.69 Å². The van der Waals surface area contributed by atoms with Gasteiger partial charge in [0, 0.05) is 18.3 Å². The van der Waals surface area contributed by atoms with Crippen molar-refractivity contribution in [1.29, 1.82) is 0 Å². The molecule has 0 amide bonds. The highest BCUT2D eigenvalue weighted by Gasteiger charge is 2.26. The second-order valence-corrected chi connectivity index (χ2v) is 7.46. The van der Waals surface area contributed by atoms with Gasteiger partial charge in [-0.05, 0) is 73.9 Å². The van der Waals surface area contributed by atoms with Gasteiger partial charge in [0.25, 0.3) is 0 Å². The first-order chi connectivity index (χ1) is 14.2. The molecule has 0 bridgehead atoms. The van der Waals surface area contributed by atoms with E-state index in [1.807, 2.05) is 40.4 Å². The summed E-state index contributed by atoms with van der Waals surface area (Å²) in [6.07, 6.45) is 4.09. The Morgan fingerprint density at radius 1 is 1.07 bits per heavy atom. The molecule has 1 unspecified atom stereocenters. The van der Waals surface area contributed by atoms with Crippen LogP contribution in [-0.2, 0) is 6.67 Å². The molecule has 1 aliphatic heterocycles. The first-order valence-corrected chi connectivity index (χ1v) is 10.4. The molecule has 0 aliphatic carbocycles.